The number of nitrogens with zero attached hydrogens (tertiary/aromatic N) is 4. The smallest absolute Gasteiger partial charge is 0.323 e. The summed E-state index contributed by atoms with van der Waals surface area (Å²) in [6.07, 6.45) is 1.97. The number of hydrogen-bond acceptors (Lipinski definition) is 6. The first-order chi connectivity index (χ1) is 8.93. The number of aromatic nitrogens is 3. The molecule has 0 saturated carbocycles. The topological polar surface area (TPSA) is 77.2 Å². The lowest BCUT2D eigenvalue weighted by molar-refractivity contribution is 0.291. The van der Waals surface area contributed by atoms with E-state index in [2.05, 4.69) is 35.7 Å². The van der Waals surface area contributed by atoms with Gasteiger partial charge in [-0.3, -0.25) is 0 Å². The molecule has 0 spiro atoms. The molecule has 1 rings (SSSR count). The van der Waals surface area contributed by atoms with Gasteiger partial charge in [0.05, 0.1) is 6.61 Å². The molecular formula is C13H25N5O. The molecule has 0 aliphatic carbocycles. The van der Waals surface area contributed by atoms with Crippen molar-refractivity contribution in [2.45, 2.75) is 46.6 Å². The van der Waals surface area contributed by atoms with Gasteiger partial charge in [-0.15, -0.1) is 0 Å². The highest BCUT2D eigenvalue weighted by Gasteiger charge is 2.16. The van der Waals surface area contributed by atoms with Crippen LogP contribution in [0.1, 0.15) is 40.5 Å². The Kier molecular flexibility index (Phi) is 5.79. The number of ether oxygens (including phenoxy) is 1. The first kappa shape index (κ1) is 15.5. The van der Waals surface area contributed by atoms with E-state index in [0.29, 0.717) is 30.5 Å². The lowest BCUT2D eigenvalue weighted by Gasteiger charge is -2.26. The molecule has 0 aliphatic rings. The fraction of sp³-hybridized carbons (Fsp3) is 0.769. The maximum Gasteiger partial charge on any atom is 0.323 e. The second kappa shape index (κ2) is 7.11. The molecule has 0 aromatic carbocycles. The lowest BCUT2D eigenvalue weighted by Crippen LogP contribution is -2.32. The third-order valence-electron chi connectivity index (χ3n) is 2.84. The zero-order valence-electron chi connectivity index (χ0n) is 12.6. The average Bonchev–Trinajstić information content (AvgIpc) is 2.33. The Balaban J connectivity index is 2.83. The number of hydrogen-bond donors (Lipinski definition) is 1. The van der Waals surface area contributed by atoms with Crippen LogP contribution in [0.2, 0.25) is 0 Å². The Morgan fingerprint density at radius 2 is 1.89 bits per heavy atom. The summed E-state index contributed by atoms with van der Waals surface area (Å²) in [4.78, 5) is 14.5. The zero-order chi connectivity index (χ0) is 14.4. The quantitative estimate of drug-likeness (QED) is 0.815. The molecule has 0 saturated heterocycles. The molecule has 1 unspecified atom stereocenters. The Hall–Kier alpha value is -1.59. The van der Waals surface area contributed by atoms with E-state index in [-0.39, 0.29) is 5.95 Å². The Bertz CT molecular complexity index is 397. The minimum absolute atomic E-state index is 0.194. The molecule has 0 fully saturated rings. The van der Waals surface area contributed by atoms with E-state index >= 15 is 0 Å². The van der Waals surface area contributed by atoms with Crippen LogP contribution in [0.3, 0.4) is 0 Å². The summed E-state index contributed by atoms with van der Waals surface area (Å²) in [5, 5.41) is 0. The molecule has 1 heterocycles. The van der Waals surface area contributed by atoms with Crippen LogP contribution < -0.4 is 15.4 Å². The van der Waals surface area contributed by atoms with Gasteiger partial charge >= 0.3 is 6.01 Å². The third-order valence-corrected chi connectivity index (χ3v) is 2.84. The second-order valence-corrected chi connectivity index (χ2v) is 5.21. The van der Waals surface area contributed by atoms with Gasteiger partial charge in [0.2, 0.25) is 11.9 Å². The number of nitrogen functional groups attached to an aromatic ring is 1. The van der Waals surface area contributed by atoms with E-state index in [0.717, 1.165) is 12.8 Å². The fourth-order valence-corrected chi connectivity index (χ4v) is 1.81. The van der Waals surface area contributed by atoms with Crippen LogP contribution in [0.25, 0.3) is 0 Å². The summed E-state index contributed by atoms with van der Waals surface area (Å²) in [6, 6.07) is 0.633. The summed E-state index contributed by atoms with van der Waals surface area (Å²) < 4.78 is 5.42. The van der Waals surface area contributed by atoms with E-state index in [1.54, 1.807) is 0 Å². The lowest BCUT2D eigenvalue weighted by atomic mass is 10.0. The Labute approximate surface area is 115 Å². The average molecular weight is 267 g/mol. The van der Waals surface area contributed by atoms with Crippen molar-refractivity contribution in [1.29, 1.82) is 0 Å². The van der Waals surface area contributed by atoms with Crippen LogP contribution in [0.15, 0.2) is 0 Å². The van der Waals surface area contributed by atoms with Gasteiger partial charge in [0.25, 0.3) is 0 Å². The van der Waals surface area contributed by atoms with Crippen molar-refractivity contribution < 1.29 is 4.74 Å². The molecule has 6 heteroatoms. The van der Waals surface area contributed by atoms with Crippen molar-refractivity contribution in [1.82, 2.24) is 15.0 Å². The maximum atomic E-state index is 5.70. The normalized spacial score (nSPS) is 12.5. The fourth-order valence-electron chi connectivity index (χ4n) is 1.81. The molecule has 2 N–H and O–H groups in total. The van der Waals surface area contributed by atoms with Crippen molar-refractivity contribution in [2.24, 2.45) is 5.92 Å². The number of anilines is 2. The summed E-state index contributed by atoms with van der Waals surface area (Å²) in [7, 11) is 1.96. The van der Waals surface area contributed by atoms with E-state index in [1.165, 1.54) is 0 Å². The maximum absolute atomic E-state index is 5.70. The Morgan fingerprint density at radius 1 is 1.21 bits per heavy atom. The van der Waals surface area contributed by atoms with Gasteiger partial charge in [0.1, 0.15) is 0 Å². The van der Waals surface area contributed by atoms with Crippen LogP contribution in [0.4, 0.5) is 11.9 Å². The molecule has 0 bridgehead atoms. The van der Waals surface area contributed by atoms with Crippen molar-refractivity contribution in [3.8, 4) is 6.01 Å². The first-order valence-corrected chi connectivity index (χ1v) is 6.81. The first-order valence-electron chi connectivity index (χ1n) is 6.81. The molecule has 0 aliphatic heterocycles. The minimum Gasteiger partial charge on any atom is -0.463 e. The van der Waals surface area contributed by atoms with Crippen LogP contribution in [0, 0.1) is 5.92 Å². The van der Waals surface area contributed by atoms with E-state index in [9.17, 15) is 0 Å². The minimum atomic E-state index is 0.194. The largest absolute Gasteiger partial charge is 0.463 e. The highest BCUT2D eigenvalue weighted by molar-refractivity contribution is 5.36. The van der Waals surface area contributed by atoms with Crippen LogP contribution in [-0.2, 0) is 0 Å². The van der Waals surface area contributed by atoms with Crippen LogP contribution in [0.5, 0.6) is 6.01 Å². The van der Waals surface area contributed by atoms with Gasteiger partial charge in [-0.05, 0) is 25.7 Å². The highest BCUT2D eigenvalue weighted by atomic mass is 16.5. The standard InChI is InChI=1S/C13H25N5O/c1-6-7-19-13-16-11(14)15-12(17-13)18(5)10(4)8-9(2)3/h9-10H,6-8H2,1-5H3,(H2,14,15,16,17). The third kappa shape index (κ3) is 4.89. The molecule has 19 heavy (non-hydrogen) atoms. The molecular weight excluding hydrogens is 242 g/mol. The summed E-state index contributed by atoms with van der Waals surface area (Å²) in [6.45, 7) is 9.15. The zero-order valence-corrected chi connectivity index (χ0v) is 12.6. The van der Waals surface area contributed by atoms with Crippen molar-refractivity contribution >= 4 is 11.9 Å². The summed E-state index contributed by atoms with van der Waals surface area (Å²) in [5.74, 6) is 1.37. The van der Waals surface area contributed by atoms with E-state index in [1.807, 2.05) is 18.9 Å². The SMILES string of the molecule is CCCOc1nc(N)nc(N(C)C(C)CC(C)C)n1. The highest BCUT2D eigenvalue weighted by Crippen LogP contribution is 2.17. The molecule has 0 amide bonds. The molecule has 1 atom stereocenters. The summed E-state index contributed by atoms with van der Waals surface area (Å²) >= 11 is 0. The van der Waals surface area contributed by atoms with Crippen molar-refractivity contribution in [3.63, 3.8) is 0 Å². The summed E-state index contributed by atoms with van der Waals surface area (Å²) in [5.41, 5.74) is 5.70. The molecule has 0 radical (unpaired) electrons. The van der Waals surface area contributed by atoms with Gasteiger partial charge < -0.3 is 15.4 Å². The van der Waals surface area contributed by atoms with E-state index < -0.39 is 0 Å². The molecule has 108 valence electrons. The van der Waals surface area contributed by atoms with Gasteiger partial charge in [-0.1, -0.05) is 20.8 Å². The molecule has 1 aromatic heterocycles. The van der Waals surface area contributed by atoms with Crippen molar-refractivity contribution in [2.75, 3.05) is 24.3 Å². The van der Waals surface area contributed by atoms with Gasteiger partial charge in [0, 0.05) is 13.1 Å². The van der Waals surface area contributed by atoms with Crippen LogP contribution >= 0.6 is 0 Å². The Morgan fingerprint density at radius 3 is 2.47 bits per heavy atom. The van der Waals surface area contributed by atoms with Gasteiger partial charge in [0.15, 0.2) is 0 Å². The van der Waals surface area contributed by atoms with Crippen LogP contribution in [-0.4, -0.2) is 34.6 Å². The predicted octanol–water partition coefficient (Wildman–Crippen LogP) is 2.11. The molecule has 1 aromatic rings. The monoisotopic (exact) mass is 267 g/mol. The van der Waals surface area contributed by atoms with Gasteiger partial charge in [-0.2, -0.15) is 15.0 Å². The number of nitrogens with two attached hydrogens (primary N) is 1. The second-order valence-electron chi connectivity index (χ2n) is 5.21. The molecule has 6 nitrogen and oxygen atoms in total. The van der Waals surface area contributed by atoms with Crippen molar-refractivity contribution in [3.05, 3.63) is 0 Å². The van der Waals surface area contributed by atoms with E-state index in [4.69, 9.17) is 10.5 Å². The van der Waals surface area contributed by atoms with Gasteiger partial charge in [-0.25, -0.2) is 0 Å². The number of rotatable bonds is 7. The predicted molar refractivity (Wildman–Crippen MR) is 77.3 cm³/mol.